The van der Waals surface area contributed by atoms with Crippen molar-refractivity contribution in [3.63, 3.8) is 0 Å². The smallest absolute Gasteiger partial charge is 0.111 e. The van der Waals surface area contributed by atoms with E-state index in [2.05, 4.69) is 33.8 Å². The molecule has 0 aliphatic rings. The SMILES string of the molecule is Cc1nc(CCO)n(C)c1Cc1ccccc1. The van der Waals surface area contributed by atoms with E-state index in [-0.39, 0.29) is 6.61 Å². The minimum absolute atomic E-state index is 0.148. The van der Waals surface area contributed by atoms with Gasteiger partial charge >= 0.3 is 0 Å². The molecular weight excluding hydrogens is 212 g/mol. The van der Waals surface area contributed by atoms with Crippen LogP contribution in [0.2, 0.25) is 0 Å². The van der Waals surface area contributed by atoms with Crippen molar-refractivity contribution in [1.29, 1.82) is 0 Å². The largest absolute Gasteiger partial charge is 0.396 e. The molecule has 2 aromatic rings. The number of aryl methyl sites for hydroxylation is 1. The van der Waals surface area contributed by atoms with Crippen LogP contribution >= 0.6 is 0 Å². The molecule has 0 unspecified atom stereocenters. The third-order valence-electron chi connectivity index (χ3n) is 3.06. The monoisotopic (exact) mass is 230 g/mol. The van der Waals surface area contributed by atoms with Gasteiger partial charge in [0.05, 0.1) is 12.3 Å². The van der Waals surface area contributed by atoms with Gasteiger partial charge in [-0.2, -0.15) is 0 Å². The molecule has 0 saturated carbocycles. The Morgan fingerprint density at radius 1 is 1.24 bits per heavy atom. The van der Waals surface area contributed by atoms with Crippen LogP contribution in [0.5, 0.6) is 0 Å². The Morgan fingerprint density at radius 2 is 1.94 bits per heavy atom. The predicted octanol–water partition coefficient (Wildman–Crippen LogP) is 1.85. The van der Waals surface area contributed by atoms with Crippen LogP contribution in [0.1, 0.15) is 22.8 Å². The summed E-state index contributed by atoms with van der Waals surface area (Å²) in [5.74, 6) is 0.955. The molecule has 17 heavy (non-hydrogen) atoms. The molecule has 90 valence electrons. The van der Waals surface area contributed by atoms with Gasteiger partial charge in [-0.15, -0.1) is 0 Å². The highest BCUT2D eigenvalue weighted by molar-refractivity contribution is 5.26. The molecule has 3 nitrogen and oxygen atoms in total. The minimum atomic E-state index is 0.148. The van der Waals surface area contributed by atoms with Crippen LogP contribution in [-0.4, -0.2) is 21.3 Å². The number of benzene rings is 1. The van der Waals surface area contributed by atoms with E-state index >= 15 is 0 Å². The molecule has 3 heteroatoms. The van der Waals surface area contributed by atoms with Gasteiger partial charge in [0.15, 0.2) is 0 Å². The van der Waals surface area contributed by atoms with Crippen molar-refractivity contribution in [2.45, 2.75) is 19.8 Å². The highest BCUT2D eigenvalue weighted by atomic mass is 16.3. The number of rotatable bonds is 4. The minimum Gasteiger partial charge on any atom is -0.396 e. The first-order valence-corrected chi connectivity index (χ1v) is 5.88. The van der Waals surface area contributed by atoms with Gasteiger partial charge in [0.2, 0.25) is 0 Å². The summed E-state index contributed by atoms with van der Waals surface area (Å²) in [5, 5.41) is 8.98. The van der Waals surface area contributed by atoms with Gasteiger partial charge in [-0.25, -0.2) is 4.98 Å². The molecule has 0 atom stereocenters. The summed E-state index contributed by atoms with van der Waals surface area (Å²) in [6, 6.07) is 10.4. The van der Waals surface area contributed by atoms with E-state index in [0.29, 0.717) is 6.42 Å². The van der Waals surface area contributed by atoms with Crippen LogP contribution in [0.4, 0.5) is 0 Å². The van der Waals surface area contributed by atoms with E-state index in [0.717, 1.165) is 17.9 Å². The maximum absolute atomic E-state index is 8.98. The Hall–Kier alpha value is -1.61. The second-order valence-electron chi connectivity index (χ2n) is 4.26. The van der Waals surface area contributed by atoms with Gasteiger partial charge in [-0.3, -0.25) is 0 Å². The number of aliphatic hydroxyl groups is 1. The van der Waals surface area contributed by atoms with E-state index in [1.165, 1.54) is 11.3 Å². The lowest BCUT2D eigenvalue weighted by molar-refractivity contribution is 0.295. The fourth-order valence-corrected chi connectivity index (χ4v) is 2.09. The average molecular weight is 230 g/mol. The number of hydrogen-bond acceptors (Lipinski definition) is 2. The van der Waals surface area contributed by atoms with Crippen molar-refractivity contribution < 1.29 is 5.11 Å². The fraction of sp³-hybridized carbons (Fsp3) is 0.357. The summed E-state index contributed by atoms with van der Waals surface area (Å²) < 4.78 is 2.10. The third-order valence-corrected chi connectivity index (χ3v) is 3.06. The molecule has 0 saturated heterocycles. The lowest BCUT2D eigenvalue weighted by Crippen LogP contribution is -2.04. The topological polar surface area (TPSA) is 38.1 Å². The molecule has 0 spiro atoms. The van der Waals surface area contributed by atoms with Crippen LogP contribution in [0.3, 0.4) is 0 Å². The van der Waals surface area contributed by atoms with Crippen molar-refractivity contribution in [3.8, 4) is 0 Å². The van der Waals surface area contributed by atoms with Crippen LogP contribution < -0.4 is 0 Å². The molecule has 2 rings (SSSR count). The molecule has 1 aromatic carbocycles. The number of nitrogens with zero attached hydrogens (tertiary/aromatic N) is 2. The first kappa shape index (κ1) is 11.9. The number of imidazole rings is 1. The fourth-order valence-electron chi connectivity index (χ4n) is 2.09. The summed E-state index contributed by atoms with van der Waals surface area (Å²) >= 11 is 0. The summed E-state index contributed by atoms with van der Waals surface area (Å²) in [6.07, 6.45) is 1.51. The Balaban J connectivity index is 2.27. The van der Waals surface area contributed by atoms with E-state index in [4.69, 9.17) is 5.11 Å². The van der Waals surface area contributed by atoms with E-state index < -0.39 is 0 Å². The van der Waals surface area contributed by atoms with Crippen LogP contribution in [-0.2, 0) is 19.9 Å². The lowest BCUT2D eigenvalue weighted by atomic mass is 10.1. The number of hydrogen-bond donors (Lipinski definition) is 1. The molecule has 0 amide bonds. The van der Waals surface area contributed by atoms with Crippen LogP contribution in [0.15, 0.2) is 30.3 Å². The number of aromatic nitrogens is 2. The van der Waals surface area contributed by atoms with Crippen molar-refractivity contribution in [2.75, 3.05) is 6.61 Å². The molecule has 0 aliphatic heterocycles. The standard InChI is InChI=1S/C14H18N2O/c1-11-13(10-12-6-4-3-5-7-12)16(2)14(15-11)8-9-17/h3-7,17H,8-10H2,1-2H3. The zero-order valence-corrected chi connectivity index (χ0v) is 10.3. The molecule has 1 aromatic heterocycles. The van der Waals surface area contributed by atoms with Crippen LogP contribution in [0.25, 0.3) is 0 Å². The summed E-state index contributed by atoms with van der Waals surface area (Å²) in [5.41, 5.74) is 3.56. The van der Waals surface area contributed by atoms with E-state index in [1.807, 2.05) is 20.0 Å². The predicted molar refractivity (Wildman–Crippen MR) is 68.0 cm³/mol. The van der Waals surface area contributed by atoms with Gasteiger partial charge in [0.1, 0.15) is 5.82 Å². The van der Waals surface area contributed by atoms with Crippen molar-refractivity contribution in [3.05, 3.63) is 53.1 Å². The van der Waals surface area contributed by atoms with Crippen molar-refractivity contribution in [2.24, 2.45) is 7.05 Å². The second kappa shape index (κ2) is 5.15. The van der Waals surface area contributed by atoms with Crippen molar-refractivity contribution >= 4 is 0 Å². The average Bonchev–Trinajstić information content (AvgIpc) is 2.59. The molecule has 0 fully saturated rings. The Kier molecular flexibility index (Phi) is 3.59. The summed E-state index contributed by atoms with van der Waals surface area (Å²) in [6.45, 7) is 2.17. The molecule has 0 bridgehead atoms. The molecule has 1 heterocycles. The van der Waals surface area contributed by atoms with Crippen molar-refractivity contribution in [1.82, 2.24) is 9.55 Å². The highest BCUT2D eigenvalue weighted by Gasteiger charge is 2.11. The zero-order chi connectivity index (χ0) is 12.3. The Labute approximate surface area is 102 Å². The maximum Gasteiger partial charge on any atom is 0.111 e. The molecule has 0 aliphatic carbocycles. The molecule has 0 radical (unpaired) electrons. The van der Waals surface area contributed by atoms with Crippen LogP contribution in [0, 0.1) is 6.92 Å². The van der Waals surface area contributed by atoms with Gasteiger partial charge in [-0.05, 0) is 12.5 Å². The highest BCUT2D eigenvalue weighted by Crippen LogP contribution is 2.15. The zero-order valence-electron chi connectivity index (χ0n) is 10.3. The molecular formula is C14H18N2O. The third kappa shape index (κ3) is 2.56. The quantitative estimate of drug-likeness (QED) is 0.870. The molecule has 1 N–H and O–H groups in total. The van der Waals surface area contributed by atoms with Gasteiger partial charge < -0.3 is 9.67 Å². The van der Waals surface area contributed by atoms with Gasteiger partial charge in [0, 0.05) is 25.6 Å². The summed E-state index contributed by atoms with van der Waals surface area (Å²) in [4.78, 5) is 4.50. The van der Waals surface area contributed by atoms with E-state index in [9.17, 15) is 0 Å². The van der Waals surface area contributed by atoms with Gasteiger partial charge in [0.25, 0.3) is 0 Å². The Bertz CT molecular complexity index is 488. The van der Waals surface area contributed by atoms with E-state index in [1.54, 1.807) is 0 Å². The summed E-state index contributed by atoms with van der Waals surface area (Å²) in [7, 11) is 2.02. The maximum atomic E-state index is 8.98. The first-order chi connectivity index (χ1) is 8.22. The normalized spacial score (nSPS) is 10.8. The first-order valence-electron chi connectivity index (χ1n) is 5.88. The second-order valence-corrected chi connectivity index (χ2v) is 4.26. The number of aliphatic hydroxyl groups excluding tert-OH is 1. The Morgan fingerprint density at radius 3 is 2.59 bits per heavy atom. The van der Waals surface area contributed by atoms with Gasteiger partial charge in [-0.1, -0.05) is 30.3 Å². The lowest BCUT2D eigenvalue weighted by Gasteiger charge is -2.06.